The average Bonchev–Trinajstić information content (AvgIpc) is 2.99. The molecule has 0 radical (unpaired) electrons. The van der Waals surface area contributed by atoms with Crippen LogP contribution in [-0.2, 0) is 0 Å². The van der Waals surface area contributed by atoms with Crippen LogP contribution < -0.4 is 9.64 Å². The zero-order valence-corrected chi connectivity index (χ0v) is 15.9. The molecule has 0 aliphatic carbocycles. The van der Waals surface area contributed by atoms with Gasteiger partial charge in [-0.15, -0.1) is 11.3 Å². The number of aryl methyl sites for hydroxylation is 3. The number of benzene rings is 3. The number of hydrogen-bond donors (Lipinski definition) is 0. The number of para-hydroxylation sites is 2. The van der Waals surface area contributed by atoms with E-state index in [0.717, 1.165) is 22.2 Å². The molecule has 1 aliphatic rings. The van der Waals surface area contributed by atoms with E-state index in [9.17, 15) is 0 Å². The maximum atomic E-state index is 6.35. The molecule has 0 bridgehead atoms. The van der Waals surface area contributed by atoms with Gasteiger partial charge in [-0.2, -0.15) is 0 Å². The maximum absolute atomic E-state index is 6.35. The Morgan fingerprint density at radius 3 is 2.35 bits per heavy atom. The third kappa shape index (κ3) is 2.17. The lowest BCUT2D eigenvalue weighted by molar-refractivity contribution is 0.484. The van der Waals surface area contributed by atoms with Crippen LogP contribution in [0.15, 0.2) is 60.7 Å². The maximum Gasteiger partial charge on any atom is 0.170 e. The Labute approximate surface area is 157 Å². The van der Waals surface area contributed by atoms with E-state index in [4.69, 9.17) is 4.74 Å². The van der Waals surface area contributed by atoms with E-state index in [1.807, 2.05) is 6.07 Å². The van der Waals surface area contributed by atoms with Crippen molar-refractivity contribution in [2.45, 2.75) is 20.8 Å². The van der Waals surface area contributed by atoms with E-state index in [1.165, 1.54) is 32.5 Å². The highest BCUT2D eigenvalue weighted by Crippen LogP contribution is 2.57. The molecule has 1 aliphatic heterocycles. The van der Waals surface area contributed by atoms with Gasteiger partial charge in [-0.05, 0) is 56.2 Å². The molecule has 4 aromatic rings. The molecule has 1 aromatic heterocycles. The number of thiophene rings is 1. The van der Waals surface area contributed by atoms with Crippen molar-refractivity contribution < 1.29 is 4.74 Å². The van der Waals surface area contributed by atoms with Crippen LogP contribution in [-0.4, -0.2) is 0 Å². The molecule has 0 N–H and O–H groups in total. The Hall–Kier alpha value is -2.78. The molecule has 128 valence electrons. The quantitative estimate of drug-likeness (QED) is 0.310. The molecule has 0 saturated carbocycles. The van der Waals surface area contributed by atoms with Crippen LogP contribution >= 0.6 is 11.3 Å². The summed E-state index contributed by atoms with van der Waals surface area (Å²) in [6.07, 6.45) is 0. The molecule has 0 atom stereocenters. The molecule has 0 saturated heterocycles. The molecule has 2 heterocycles. The van der Waals surface area contributed by atoms with Gasteiger partial charge < -0.3 is 4.74 Å². The highest BCUT2D eigenvalue weighted by molar-refractivity contribution is 7.23. The summed E-state index contributed by atoms with van der Waals surface area (Å²) < 4.78 is 7.60. The van der Waals surface area contributed by atoms with E-state index in [-0.39, 0.29) is 0 Å². The number of ether oxygens (including phenoxy) is 1. The first-order valence-corrected chi connectivity index (χ1v) is 9.61. The fourth-order valence-electron chi connectivity index (χ4n) is 3.95. The highest BCUT2D eigenvalue weighted by atomic mass is 32.1. The predicted octanol–water partition coefficient (Wildman–Crippen LogP) is 7.40. The van der Waals surface area contributed by atoms with Crippen molar-refractivity contribution in [2.75, 3.05) is 4.90 Å². The molecule has 26 heavy (non-hydrogen) atoms. The average molecular weight is 357 g/mol. The minimum atomic E-state index is 0.905. The summed E-state index contributed by atoms with van der Waals surface area (Å²) in [5, 5.41) is 2.33. The van der Waals surface area contributed by atoms with Crippen molar-refractivity contribution in [2.24, 2.45) is 0 Å². The largest absolute Gasteiger partial charge is 0.451 e. The van der Waals surface area contributed by atoms with Crippen LogP contribution in [0, 0.1) is 20.8 Å². The highest BCUT2D eigenvalue weighted by Gasteiger charge is 2.31. The van der Waals surface area contributed by atoms with E-state index in [2.05, 4.69) is 80.3 Å². The summed E-state index contributed by atoms with van der Waals surface area (Å²) in [5.74, 6) is 1.87. The second-order valence-electron chi connectivity index (χ2n) is 6.89. The molecule has 0 fully saturated rings. The smallest absolute Gasteiger partial charge is 0.170 e. The lowest BCUT2D eigenvalue weighted by Gasteiger charge is -2.33. The lowest BCUT2D eigenvalue weighted by Crippen LogP contribution is -2.16. The van der Waals surface area contributed by atoms with Gasteiger partial charge in [0.2, 0.25) is 0 Å². The summed E-state index contributed by atoms with van der Waals surface area (Å²) in [6, 6.07) is 21.3. The zero-order valence-electron chi connectivity index (χ0n) is 15.0. The first-order valence-electron chi connectivity index (χ1n) is 8.80. The Kier molecular flexibility index (Phi) is 3.34. The summed E-state index contributed by atoms with van der Waals surface area (Å²) in [5.41, 5.74) is 6.20. The van der Waals surface area contributed by atoms with Crippen molar-refractivity contribution in [3.05, 3.63) is 77.4 Å². The first-order chi connectivity index (χ1) is 12.6. The Bertz CT molecular complexity index is 1140. The van der Waals surface area contributed by atoms with Crippen LogP contribution in [0.25, 0.3) is 10.1 Å². The van der Waals surface area contributed by atoms with Crippen molar-refractivity contribution in [3.8, 4) is 11.5 Å². The molecule has 3 aromatic carbocycles. The third-order valence-electron chi connectivity index (χ3n) is 4.91. The summed E-state index contributed by atoms with van der Waals surface area (Å²) in [4.78, 5) is 2.38. The van der Waals surface area contributed by atoms with Gasteiger partial charge in [0.05, 0.1) is 11.4 Å². The molecule has 5 rings (SSSR count). The molecule has 3 heteroatoms. The van der Waals surface area contributed by atoms with E-state index < -0.39 is 0 Å². The van der Waals surface area contributed by atoms with Crippen molar-refractivity contribution >= 4 is 37.8 Å². The normalized spacial score (nSPS) is 12.7. The number of rotatable bonds is 1. The molecular formula is C23H19NOS. The molecule has 0 amide bonds. The second-order valence-corrected chi connectivity index (χ2v) is 7.92. The van der Waals surface area contributed by atoms with Gasteiger partial charge in [0, 0.05) is 10.1 Å². The third-order valence-corrected chi connectivity index (χ3v) is 6.05. The fraction of sp³-hybridized carbons (Fsp3) is 0.130. The van der Waals surface area contributed by atoms with Crippen LogP contribution in [0.2, 0.25) is 0 Å². The summed E-state index contributed by atoms with van der Waals surface area (Å²) in [6.45, 7) is 6.54. The standard InChI is InChI=1S/C23H19NOS/c1-14-12-15(2)21(16(3)13-14)24-18-9-5-6-10-19(18)25-22-17-8-4-7-11-20(17)26-23(22)24/h4-13H,1-3H3. The molecule has 0 unspecified atom stereocenters. The predicted molar refractivity (Wildman–Crippen MR) is 111 cm³/mol. The van der Waals surface area contributed by atoms with E-state index in [0.29, 0.717) is 0 Å². The minimum absolute atomic E-state index is 0.905. The monoisotopic (exact) mass is 357 g/mol. The Morgan fingerprint density at radius 1 is 0.846 bits per heavy atom. The molecule has 2 nitrogen and oxygen atoms in total. The van der Waals surface area contributed by atoms with Crippen molar-refractivity contribution in [3.63, 3.8) is 0 Å². The molecule has 0 spiro atoms. The van der Waals surface area contributed by atoms with Gasteiger partial charge >= 0.3 is 0 Å². The zero-order chi connectivity index (χ0) is 17.8. The van der Waals surface area contributed by atoms with Crippen LogP contribution in [0.4, 0.5) is 16.4 Å². The first kappa shape index (κ1) is 15.5. The fourth-order valence-corrected chi connectivity index (χ4v) is 5.10. The van der Waals surface area contributed by atoms with Gasteiger partial charge in [-0.3, -0.25) is 4.90 Å². The van der Waals surface area contributed by atoms with Gasteiger partial charge in [-0.25, -0.2) is 0 Å². The van der Waals surface area contributed by atoms with Crippen LogP contribution in [0.5, 0.6) is 11.5 Å². The summed E-state index contributed by atoms with van der Waals surface area (Å²) >= 11 is 1.79. The number of hydrogen-bond acceptors (Lipinski definition) is 3. The van der Waals surface area contributed by atoms with E-state index >= 15 is 0 Å². The number of fused-ring (bicyclic) bond motifs is 4. The Balaban J connectivity index is 1.86. The SMILES string of the molecule is Cc1cc(C)c(N2c3ccccc3Oc3c2sc2ccccc32)c(C)c1. The molecular weight excluding hydrogens is 338 g/mol. The Morgan fingerprint density at radius 2 is 1.54 bits per heavy atom. The van der Waals surface area contributed by atoms with Gasteiger partial charge in [0.25, 0.3) is 0 Å². The minimum Gasteiger partial charge on any atom is -0.451 e. The van der Waals surface area contributed by atoms with Gasteiger partial charge in [-0.1, -0.05) is 42.0 Å². The van der Waals surface area contributed by atoms with Crippen molar-refractivity contribution in [1.82, 2.24) is 0 Å². The van der Waals surface area contributed by atoms with Gasteiger partial charge in [0.15, 0.2) is 11.5 Å². The van der Waals surface area contributed by atoms with Crippen LogP contribution in [0.1, 0.15) is 16.7 Å². The lowest BCUT2D eigenvalue weighted by atomic mass is 10.0. The topological polar surface area (TPSA) is 12.5 Å². The van der Waals surface area contributed by atoms with E-state index in [1.54, 1.807) is 11.3 Å². The number of anilines is 3. The summed E-state index contributed by atoms with van der Waals surface area (Å²) in [7, 11) is 0. The second kappa shape index (κ2) is 5.61. The van der Waals surface area contributed by atoms with Crippen molar-refractivity contribution in [1.29, 1.82) is 0 Å². The van der Waals surface area contributed by atoms with Gasteiger partial charge in [0.1, 0.15) is 5.00 Å². The van der Waals surface area contributed by atoms with Crippen LogP contribution in [0.3, 0.4) is 0 Å². The number of nitrogens with zero attached hydrogens (tertiary/aromatic N) is 1.